The van der Waals surface area contributed by atoms with E-state index < -0.39 is 101 Å². The average Bonchev–Trinajstić information content (AvgIpc) is 3.88. The first-order valence-electron chi connectivity index (χ1n) is 16.6. The molecule has 0 aromatic heterocycles. The van der Waals surface area contributed by atoms with Crippen molar-refractivity contribution in [3.8, 4) is 0 Å². The fraction of sp³-hybridized carbons (Fsp3) is 0.405. The number of ether oxygens (including phenoxy) is 1. The summed E-state index contributed by atoms with van der Waals surface area (Å²) < 4.78 is 77.6. The molecule has 0 radical (unpaired) electrons. The van der Waals surface area contributed by atoms with Crippen LogP contribution in [0, 0.1) is 40.9 Å². The molecule has 5 atom stereocenters. The number of nitrogens with zero attached hydrogens (tertiary/aromatic N) is 3. The second kappa shape index (κ2) is 17.4. The van der Waals surface area contributed by atoms with E-state index in [0.29, 0.717) is 11.1 Å². The lowest BCUT2D eigenvalue weighted by molar-refractivity contribution is -0.135. The summed E-state index contributed by atoms with van der Waals surface area (Å²) >= 11 is 0. The molecule has 3 aromatic rings. The maximum atomic E-state index is 14.9. The molecule has 276 valence electrons. The van der Waals surface area contributed by atoms with Crippen LogP contribution in [0.2, 0.25) is 0 Å². The van der Waals surface area contributed by atoms with Crippen molar-refractivity contribution in [2.24, 2.45) is 17.0 Å². The third-order valence-electron chi connectivity index (χ3n) is 8.76. The largest absolute Gasteiger partial charge is 0.361 e. The minimum Gasteiger partial charge on any atom is -0.361 e. The maximum absolute atomic E-state index is 14.9. The van der Waals surface area contributed by atoms with Gasteiger partial charge < -0.3 is 15.4 Å². The van der Waals surface area contributed by atoms with Crippen molar-refractivity contribution in [1.82, 2.24) is 10.6 Å². The Labute approximate surface area is 296 Å². The van der Waals surface area contributed by atoms with Gasteiger partial charge in [0.15, 0.2) is 34.8 Å². The Kier molecular flexibility index (Phi) is 13.3. The Hall–Kier alpha value is -5.14. The van der Waals surface area contributed by atoms with Crippen LogP contribution >= 0.6 is 0 Å². The van der Waals surface area contributed by atoms with Crippen LogP contribution in [0.1, 0.15) is 50.3 Å². The van der Waals surface area contributed by atoms with E-state index in [1.807, 2.05) is 0 Å². The number of hydrogen-bond donors (Lipinski definition) is 2. The molecule has 1 fully saturated rings. The van der Waals surface area contributed by atoms with Gasteiger partial charge in [0.05, 0.1) is 18.7 Å². The molecule has 1 saturated heterocycles. The van der Waals surface area contributed by atoms with E-state index in [2.05, 4.69) is 20.7 Å². The molecule has 10 nitrogen and oxygen atoms in total. The number of carbonyl (C=O) groups is 4. The Morgan fingerprint density at radius 3 is 1.79 bits per heavy atom. The number of nitrogens with one attached hydrogen (secondary N) is 2. The number of benzene rings is 3. The van der Waals surface area contributed by atoms with Gasteiger partial charge in [-0.3, -0.25) is 19.2 Å². The first kappa shape index (κ1) is 39.6. The predicted octanol–water partition coefficient (Wildman–Crippen LogP) is 6.04. The Morgan fingerprint density at radius 2 is 1.29 bits per heavy atom. The van der Waals surface area contributed by atoms with Gasteiger partial charge in [0.2, 0.25) is 17.6 Å². The van der Waals surface area contributed by atoms with Gasteiger partial charge in [-0.2, -0.15) is 0 Å². The number of amides is 2. The lowest BCUT2D eigenvalue weighted by Gasteiger charge is -2.26. The summed E-state index contributed by atoms with van der Waals surface area (Å²) in [5, 5.41) is 8.68. The van der Waals surface area contributed by atoms with Crippen molar-refractivity contribution in [2.75, 3.05) is 6.61 Å². The van der Waals surface area contributed by atoms with Gasteiger partial charge in [0.1, 0.15) is 11.6 Å². The van der Waals surface area contributed by atoms with E-state index in [1.165, 1.54) is 6.92 Å². The van der Waals surface area contributed by atoms with E-state index in [1.54, 1.807) is 74.5 Å². The summed E-state index contributed by atoms with van der Waals surface area (Å²) in [5.74, 6) is -16.4. The number of halogens is 5. The zero-order valence-electron chi connectivity index (χ0n) is 28.7. The van der Waals surface area contributed by atoms with Gasteiger partial charge in [-0.25, -0.2) is 22.0 Å². The van der Waals surface area contributed by atoms with Crippen molar-refractivity contribution in [1.29, 1.82) is 0 Å². The molecule has 0 unspecified atom stereocenters. The van der Waals surface area contributed by atoms with E-state index in [9.17, 15) is 46.7 Å². The highest BCUT2D eigenvalue weighted by molar-refractivity contribution is 5.98. The number of carbonyl (C=O) groups excluding carboxylic acids is 4. The lowest BCUT2D eigenvalue weighted by atomic mass is 9.87. The number of azide groups is 1. The molecule has 0 spiro atoms. The monoisotopic (exact) mass is 727 g/mol. The van der Waals surface area contributed by atoms with Crippen LogP contribution in [0.5, 0.6) is 0 Å². The highest BCUT2D eigenvalue weighted by Gasteiger charge is 2.50. The molecule has 52 heavy (non-hydrogen) atoms. The Bertz CT molecular complexity index is 1810. The van der Waals surface area contributed by atoms with Crippen LogP contribution in [-0.2, 0) is 43.2 Å². The summed E-state index contributed by atoms with van der Waals surface area (Å²) in [5.41, 5.74) is 7.87. The molecule has 1 aliphatic rings. The third-order valence-corrected chi connectivity index (χ3v) is 8.76. The molecule has 1 heterocycles. The lowest BCUT2D eigenvalue weighted by Crippen LogP contribution is -2.50. The maximum Gasteiger partial charge on any atom is 0.229 e. The van der Waals surface area contributed by atoms with Crippen LogP contribution in [0.15, 0.2) is 65.8 Å². The Morgan fingerprint density at radius 1 is 0.788 bits per heavy atom. The summed E-state index contributed by atoms with van der Waals surface area (Å²) in [6, 6.07) is 13.1. The first-order valence-corrected chi connectivity index (χ1v) is 16.6. The standard InChI is InChI=1S/C37H38F5N5O5/c1-20(2)14-26(34(49)37(3)19-52-37)45-35(50)23(17-24-29(38)31(40)33(42)32(41)30(24)39)18-28(48)25(15-21-10-6-4-7-11-21)44-36(51)27(46-47-43)16-22-12-8-5-9-13-22/h4-13,20,23,25-27H,14-19H2,1-3H3,(H,44,51)(H,45,50)/t23-,25+,26+,27+,37-/m1/s1. The molecule has 1 aliphatic heterocycles. The molecule has 2 amide bonds. The first-order chi connectivity index (χ1) is 24.6. The predicted molar refractivity (Wildman–Crippen MR) is 179 cm³/mol. The molecule has 4 rings (SSSR count). The van der Waals surface area contributed by atoms with Crippen molar-refractivity contribution in [2.45, 2.75) is 76.6 Å². The van der Waals surface area contributed by atoms with Crippen molar-refractivity contribution < 1.29 is 45.9 Å². The van der Waals surface area contributed by atoms with Crippen molar-refractivity contribution in [3.05, 3.63) is 117 Å². The molecular weight excluding hydrogens is 689 g/mol. The molecule has 15 heteroatoms. The summed E-state index contributed by atoms with van der Waals surface area (Å²) in [7, 11) is 0. The minimum atomic E-state index is -2.40. The third kappa shape index (κ3) is 10.0. The van der Waals surface area contributed by atoms with Gasteiger partial charge in [-0.05, 0) is 55.2 Å². The highest BCUT2D eigenvalue weighted by Crippen LogP contribution is 2.31. The van der Waals surface area contributed by atoms with Gasteiger partial charge in [-0.1, -0.05) is 79.6 Å². The Balaban J connectivity index is 1.69. The van der Waals surface area contributed by atoms with Gasteiger partial charge in [0, 0.05) is 22.8 Å². The molecule has 0 saturated carbocycles. The normalized spacial score (nSPS) is 17.3. The molecule has 0 bridgehead atoms. The van der Waals surface area contributed by atoms with Gasteiger partial charge in [-0.15, -0.1) is 0 Å². The number of ketones is 2. The van der Waals surface area contributed by atoms with Gasteiger partial charge in [0.25, 0.3) is 0 Å². The second-order valence-electron chi connectivity index (χ2n) is 13.4. The zero-order valence-corrected chi connectivity index (χ0v) is 28.7. The van der Waals surface area contributed by atoms with Crippen LogP contribution in [-0.4, -0.2) is 53.7 Å². The minimum absolute atomic E-state index is 0.0256. The average molecular weight is 728 g/mol. The summed E-state index contributed by atoms with van der Waals surface area (Å²) in [4.78, 5) is 57.5. The zero-order chi connectivity index (χ0) is 38.2. The van der Waals surface area contributed by atoms with Crippen LogP contribution in [0.25, 0.3) is 10.4 Å². The smallest absolute Gasteiger partial charge is 0.229 e. The molecule has 2 N–H and O–H groups in total. The number of epoxide rings is 1. The number of rotatable bonds is 18. The van der Waals surface area contributed by atoms with Crippen molar-refractivity contribution in [3.63, 3.8) is 0 Å². The van der Waals surface area contributed by atoms with E-state index in [4.69, 9.17) is 4.74 Å². The second-order valence-corrected chi connectivity index (χ2v) is 13.4. The van der Waals surface area contributed by atoms with E-state index in [-0.39, 0.29) is 31.8 Å². The van der Waals surface area contributed by atoms with E-state index >= 15 is 0 Å². The molecular formula is C37H38F5N5O5. The van der Waals surface area contributed by atoms with E-state index in [0.717, 1.165) is 0 Å². The molecule has 3 aromatic carbocycles. The van der Waals surface area contributed by atoms with Crippen LogP contribution in [0.3, 0.4) is 0 Å². The fourth-order valence-electron chi connectivity index (χ4n) is 5.78. The SMILES string of the molecule is CC(C)C[C@H](NC(=O)[C@@H](CC(=O)[C@H](Cc1ccccc1)NC(=O)[C@H](Cc1ccccc1)N=[N+]=[N-])Cc1c(F)c(F)c(F)c(F)c1F)C(=O)[C@@]1(C)CO1. The van der Waals surface area contributed by atoms with Crippen molar-refractivity contribution >= 4 is 23.4 Å². The van der Waals surface area contributed by atoms with Crippen LogP contribution < -0.4 is 10.6 Å². The highest BCUT2D eigenvalue weighted by atomic mass is 19.2. The molecule has 0 aliphatic carbocycles. The fourth-order valence-corrected chi connectivity index (χ4v) is 5.78. The van der Waals surface area contributed by atoms with Crippen LogP contribution in [0.4, 0.5) is 22.0 Å². The quantitative estimate of drug-likeness (QED) is 0.0311. The number of hydrogen-bond acceptors (Lipinski definition) is 6. The topological polar surface area (TPSA) is 154 Å². The van der Waals surface area contributed by atoms with Gasteiger partial charge >= 0.3 is 0 Å². The number of Topliss-reactive ketones (excluding diaryl/α,β-unsaturated/α-hetero) is 2. The summed E-state index contributed by atoms with van der Waals surface area (Å²) in [6.07, 6.45) is -2.03. The summed E-state index contributed by atoms with van der Waals surface area (Å²) in [6.45, 7) is 5.15.